The zero-order valence-electron chi connectivity index (χ0n) is 19.7. The fourth-order valence-corrected chi connectivity index (χ4v) is 4.27. The van der Waals surface area contributed by atoms with E-state index in [2.05, 4.69) is 62.9 Å². The maximum Gasteiger partial charge on any atom is 0.222 e. The van der Waals surface area contributed by atoms with Crippen LogP contribution in [0.5, 0.6) is 0 Å². The van der Waals surface area contributed by atoms with E-state index in [0.717, 1.165) is 68.5 Å². The minimum absolute atomic E-state index is 0.253. The number of unbranched alkanes of at least 4 members (excludes halogenated alkanes) is 1. The molecule has 4 aromatic rings. The van der Waals surface area contributed by atoms with Gasteiger partial charge < -0.3 is 10.2 Å². The number of amides is 1. The van der Waals surface area contributed by atoms with E-state index < -0.39 is 0 Å². The van der Waals surface area contributed by atoms with Crippen LogP contribution >= 0.6 is 0 Å². The second-order valence-corrected chi connectivity index (χ2v) is 8.71. The van der Waals surface area contributed by atoms with Gasteiger partial charge in [0.2, 0.25) is 5.91 Å². The second kappa shape index (κ2) is 12.6. The van der Waals surface area contributed by atoms with Crippen molar-refractivity contribution in [2.24, 2.45) is 0 Å². The zero-order chi connectivity index (χ0) is 23.4. The lowest BCUT2D eigenvalue weighted by molar-refractivity contribution is -0.131. The fourth-order valence-electron chi connectivity index (χ4n) is 4.27. The van der Waals surface area contributed by atoms with Crippen molar-refractivity contribution in [3.8, 4) is 0 Å². The van der Waals surface area contributed by atoms with Gasteiger partial charge in [0, 0.05) is 31.4 Å². The van der Waals surface area contributed by atoms with E-state index in [-0.39, 0.29) is 5.91 Å². The Balaban J connectivity index is 1.25. The Hall–Kier alpha value is -3.60. The van der Waals surface area contributed by atoms with Gasteiger partial charge in [-0.1, -0.05) is 72.8 Å². The van der Waals surface area contributed by atoms with Crippen molar-refractivity contribution in [1.29, 1.82) is 0 Å². The summed E-state index contributed by atoms with van der Waals surface area (Å²) in [6, 6.07) is 28.9. The second-order valence-electron chi connectivity index (χ2n) is 8.71. The van der Waals surface area contributed by atoms with Crippen molar-refractivity contribution in [3.63, 3.8) is 0 Å². The van der Waals surface area contributed by atoms with E-state index in [4.69, 9.17) is 0 Å². The van der Waals surface area contributed by atoms with E-state index in [9.17, 15) is 4.79 Å². The predicted octanol–water partition coefficient (Wildman–Crippen LogP) is 5.85. The lowest BCUT2D eigenvalue weighted by atomic mass is 10.1. The number of aryl methyl sites for hydroxylation is 2. The Labute approximate surface area is 202 Å². The normalized spacial score (nSPS) is 10.9. The van der Waals surface area contributed by atoms with Crippen molar-refractivity contribution >= 4 is 22.6 Å². The van der Waals surface area contributed by atoms with Crippen LogP contribution in [-0.4, -0.2) is 40.6 Å². The van der Waals surface area contributed by atoms with Crippen LogP contribution in [-0.2, 0) is 17.6 Å². The average Bonchev–Trinajstić information content (AvgIpc) is 3.30. The standard InChI is InChI=1S/C29H34N4O/c34-28(20-19-25-14-5-2-6-15-25)33(23-11-16-24-12-3-1-4-13-24)22-10-9-21-30-29-26-17-7-8-18-27(26)31-32-29/h1-8,12-15,17-18H,9-11,16,19-23H2,(H2,30,31,32). The number of fused-ring (bicyclic) bond motifs is 1. The Bertz CT molecular complexity index is 1140. The Morgan fingerprint density at radius 3 is 2.18 bits per heavy atom. The minimum Gasteiger partial charge on any atom is -0.368 e. The van der Waals surface area contributed by atoms with E-state index in [1.54, 1.807) is 0 Å². The molecule has 5 nitrogen and oxygen atoms in total. The molecule has 1 aromatic heterocycles. The number of carbonyl (C=O) groups is 1. The first-order valence-electron chi connectivity index (χ1n) is 12.3. The fraction of sp³-hybridized carbons (Fsp3) is 0.310. The SMILES string of the molecule is O=C(CCc1ccccc1)N(CCCCNc1n[nH]c2ccccc12)CCCc1ccccc1. The number of para-hydroxylation sites is 1. The maximum absolute atomic E-state index is 13.1. The predicted molar refractivity (Wildman–Crippen MR) is 140 cm³/mol. The smallest absolute Gasteiger partial charge is 0.222 e. The number of H-pyrrole nitrogens is 1. The highest BCUT2D eigenvalue weighted by Crippen LogP contribution is 2.19. The molecule has 0 spiro atoms. The van der Waals surface area contributed by atoms with Crippen LogP contribution in [0.1, 0.15) is 36.8 Å². The van der Waals surface area contributed by atoms with E-state index in [1.165, 1.54) is 11.1 Å². The molecule has 0 bridgehead atoms. The molecule has 0 atom stereocenters. The van der Waals surface area contributed by atoms with Crippen LogP contribution in [0.4, 0.5) is 5.82 Å². The summed E-state index contributed by atoms with van der Waals surface area (Å²) < 4.78 is 0. The number of aromatic amines is 1. The van der Waals surface area contributed by atoms with Gasteiger partial charge >= 0.3 is 0 Å². The van der Waals surface area contributed by atoms with E-state index >= 15 is 0 Å². The van der Waals surface area contributed by atoms with Gasteiger partial charge in [0.25, 0.3) is 0 Å². The Morgan fingerprint density at radius 1 is 0.765 bits per heavy atom. The third-order valence-corrected chi connectivity index (χ3v) is 6.18. The summed E-state index contributed by atoms with van der Waals surface area (Å²) in [5, 5.41) is 12.0. The molecule has 34 heavy (non-hydrogen) atoms. The highest BCUT2D eigenvalue weighted by molar-refractivity contribution is 5.89. The molecule has 0 saturated heterocycles. The quantitative estimate of drug-likeness (QED) is 0.249. The van der Waals surface area contributed by atoms with Crippen LogP contribution in [0, 0.1) is 0 Å². The van der Waals surface area contributed by atoms with Gasteiger partial charge in [-0.2, -0.15) is 5.10 Å². The molecule has 1 heterocycles. The topological polar surface area (TPSA) is 61.0 Å². The van der Waals surface area contributed by atoms with Crippen LogP contribution < -0.4 is 5.32 Å². The molecule has 0 aliphatic heterocycles. The first kappa shape index (κ1) is 23.6. The number of anilines is 1. The van der Waals surface area contributed by atoms with Crippen LogP contribution in [0.25, 0.3) is 10.9 Å². The Morgan fingerprint density at radius 2 is 1.41 bits per heavy atom. The number of aromatic nitrogens is 2. The van der Waals surface area contributed by atoms with Crippen molar-refractivity contribution in [1.82, 2.24) is 15.1 Å². The van der Waals surface area contributed by atoms with Gasteiger partial charge in [-0.15, -0.1) is 0 Å². The largest absolute Gasteiger partial charge is 0.368 e. The van der Waals surface area contributed by atoms with Crippen molar-refractivity contribution < 1.29 is 4.79 Å². The molecule has 0 aliphatic carbocycles. The number of nitrogens with one attached hydrogen (secondary N) is 2. The number of nitrogens with zero attached hydrogens (tertiary/aromatic N) is 2. The van der Waals surface area contributed by atoms with Crippen LogP contribution in [0.3, 0.4) is 0 Å². The highest BCUT2D eigenvalue weighted by Gasteiger charge is 2.13. The Kier molecular flexibility index (Phi) is 8.72. The van der Waals surface area contributed by atoms with Crippen LogP contribution in [0.2, 0.25) is 0 Å². The molecule has 0 saturated carbocycles. The molecule has 0 radical (unpaired) electrons. The van der Waals surface area contributed by atoms with E-state index in [0.29, 0.717) is 6.42 Å². The monoisotopic (exact) mass is 454 g/mol. The lowest BCUT2D eigenvalue weighted by Crippen LogP contribution is -2.33. The highest BCUT2D eigenvalue weighted by atomic mass is 16.2. The molecule has 5 heteroatoms. The van der Waals surface area contributed by atoms with Crippen molar-refractivity contribution in [3.05, 3.63) is 96.1 Å². The summed E-state index contributed by atoms with van der Waals surface area (Å²) in [6.07, 6.45) is 5.30. The van der Waals surface area contributed by atoms with Crippen molar-refractivity contribution in [2.75, 3.05) is 25.0 Å². The van der Waals surface area contributed by atoms with Crippen LogP contribution in [0.15, 0.2) is 84.9 Å². The van der Waals surface area contributed by atoms with E-state index in [1.807, 2.05) is 42.5 Å². The van der Waals surface area contributed by atoms with Gasteiger partial charge in [-0.3, -0.25) is 9.89 Å². The summed E-state index contributed by atoms with van der Waals surface area (Å²) in [5.41, 5.74) is 3.59. The molecule has 1 amide bonds. The summed E-state index contributed by atoms with van der Waals surface area (Å²) in [4.78, 5) is 15.1. The molecule has 0 fully saturated rings. The molecule has 4 rings (SSSR count). The third-order valence-electron chi connectivity index (χ3n) is 6.18. The lowest BCUT2D eigenvalue weighted by Gasteiger charge is -2.23. The van der Waals surface area contributed by atoms with Crippen molar-refractivity contribution in [2.45, 2.75) is 38.5 Å². The summed E-state index contributed by atoms with van der Waals surface area (Å²) in [7, 11) is 0. The van der Waals surface area contributed by atoms with Gasteiger partial charge in [0.1, 0.15) is 0 Å². The van der Waals surface area contributed by atoms with Gasteiger partial charge in [-0.25, -0.2) is 0 Å². The maximum atomic E-state index is 13.1. The molecule has 0 unspecified atom stereocenters. The number of hydrogen-bond donors (Lipinski definition) is 2. The summed E-state index contributed by atoms with van der Waals surface area (Å²) >= 11 is 0. The molecular formula is C29H34N4O. The molecule has 176 valence electrons. The zero-order valence-corrected chi connectivity index (χ0v) is 19.7. The number of benzene rings is 3. The third kappa shape index (κ3) is 6.95. The number of hydrogen-bond acceptors (Lipinski definition) is 3. The minimum atomic E-state index is 0.253. The van der Waals surface area contributed by atoms with Gasteiger partial charge in [0.05, 0.1) is 5.52 Å². The van der Waals surface area contributed by atoms with Gasteiger partial charge in [-0.05, 0) is 55.4 Å². The van der Waals surface area contributed by atoms with Gasteiger partial charge in [0.15, 0.2) is 5.82 Å². The summed E-state index contributed by atoms with van der Waals surface area (Å²) in [6.45, 7) is 2.44. The number of rotatable bonds is 13. The number of carbonyl (C=O) groups excluding carboxylic acids is 1. The molecule has 0 aliphatic rings. The summed E-state index contributed by atoms with van der Waals surface area (Å²) in [5.74, 6) is 1.15. The average molecular weight is 455 g/mol. The molecule has 3 aromatic carbocycles. The first-order valence-corrected chi connectivity index (χ1v) is 12.3. The first-order chi connectivity index (χ1) is 16.8. The molecule has 2 N–H and O–H groups in total. The molecular weight excluding hydrogens is 420 g/mol.